The fraction of sp³-hybridized carbons (Fsp3) is 0.333. The molecule has 76 valence electrons. The van der Waals surface area contributed by atoms with Gasteiger partial charge < -0.3 is 14.6 Å². The molecule has 0 radical (unpaired) electrons. The first-order valence-corrected chi connectivity index (χ1v) is 4.85. The van der Waals surface area contributed by atoms with Crippen LogP contribution >= 0.6 is 23.2 Å². The Hall–Kier alpha value is -0.480. The van der Waals surface area contributed by atoms with Gasteiger partial charge in [0.25, 0.3) is 0 Å². The molecule has 3 nitrogen and oxygen atoms in total. The lowest BCUT2D eigenvalue weighted by molar-refractivity contribution is -0.0454. The van der Waals surface area contributed by atoms with E-state index in [-0.39, 0.29) is 10.8 Å². The van der Waals surface area contributed by atoms with Gasteiger partial charge in [0.2, 0.25) is 0 Å². The van der Waals surface area contributed by atoms with E-state index >= 15 is 0 Å². The maximum Gasteiger partial charge on any atom is 0.187 e. The third-order valence-corrected chi connectivity index (χ3v) is 2.44. The molecule has 1 N–H and O–H groups in total. The molecule has 0 unspecified atom stereocenters. The van der Waals surface area contributed by atoms with Gasteiger partial charge in [-0.25, -0.2) is 0 Å². The second kappa shape index (κ2) is 3.95. The molecule has 0 spiro atoms. The van der Waals surface area contributed by atoms with E-state index in [0.29, 0.717) is 23.8 Å². The molecule has 1 aliphatic heterocycles. The van der Waals surface area contributed by atoms with Crippen LogP contribution in [0, 0.1) is 0 Å². The van der Waals surface area contributed by atoms with Crippen molar-refractivity contribution in [3.8, 4) is 5.75 Å². The zero-order valence-electron chi connectivity index (χ0n) is 7.17. The Kier molecular flexibility index (Phi) is 2.83. The number of hydrogen-bond acceptors (Lipinski definition) is 3. The number of hydrogen-bond donors (Lipinski definition) is 1. The summed E-state index contributed by atoms with van der Waals surface area (Å²) in [7, 11) is 0. The number of phenols is 1. The van der Waals surface area contributed by atoms with Gasteiger partial charge in [0, 0.05) is 5.02 Å². The summed E-state index contributed by atoms with van der Waals surface area (Å²) in [5, 5.41) is 10.3. The van der Waals surface area contributed by atoms with E-state index in [9.17, 15) is 5.11 Å². The average molecular weight is 235 g/mol. The first kappa shape index (κ1) is 10.1. The standard InChI is InChI=1S/C9H8Cl2O3/c10-5-3-6(8(12)7(11)4-5)9-13-1-2-14-9/h3-4,9,12H,1-2H2. The van der Waals surface area contributed by atoms with Crippen molar-refractivity contribution in [2.75, 3.05) is 13.2 Å². The van der Waals surface area contributed by atoms with E-state index in [1.54, 1.807) is 6.07 Å². The minimum Gasteiger partial charge on any atom is -0.506 e. The Labute approximate surface area is 91.1 Å². The van der Waals surface area contributed by atoms with Crippen molar-refractivity contribution in [3.05, 3.63) is 27.7 Å². The summed E-state index contributed by atoms with van der Waals surface area (Å²) in [5.74, 6) is -0.0389. The van der Waals surface area contributed by atoms with Crippen LogP contribution < -0.4 is 0 Å². The van der Waals surface area contributed by atoms with Gasteiger partial charge in [-0.2, -0.15) is 0 Å². The van der Waals surface area contributed by atoms with Crippen LogP contribution in [0.2, 0.25) is 10.0 Å². The van der Waals surface area contributed by atoms with Crippen LogP contribution in [0.5, 0.6) is 5.75 Å². The molecular formula is C9H8Cl2O3. The van der Waals surface area contributed by atoms with Gasteiger partial charge in [0.1, 0.15) is 5.75 Å². The third kappa shape index (κ3) is 1.81. The van der Waals surface area contributed by atoms with Crippen LogP contribution in [0.25, 0.3) is 0 Å². The molecule has 1 aliphatic rings. The topological polar surface area (TPSA) is 38.7 Å². The minimum atomic E-state index is -0.564. The van der Waals surface area contributed by atoms with Crippen molar-refractivity contribution in [2.45, 2.75) is 6.29 Å². The minimum absolute atomic E-state index is 0.0389. The molecule has 1 aromatic carbocycles. The Morgan fingerprint density at radius 1 is 1.21 bits per heavy atom. The second-order valence-electron chi connectivity index (χ2n) is 2.90. The lowest BCUT2D eigenvalue weighted by Gasteiger charge is -2.12. The fourth-order valence-corrected chi connectivity index (χ4v) is 1.81. The number of aromatic hydroxyl groups is 1. The van der Waals surface area contributed by atoms with E-state index in [0.717, 1.165) is 0 Å². The van der Waals surface area contributed by atoms with Crippen molar-refractivity contribution in [2.24, 2.45) is 0 Å². The smallest absolute Gasteiger partial charge is 0.187 e. The van der Waals surface area contributed by atoms with Crippen molar-refractivity contribution >= 4 is 23.2 Å². The highest BCUT2D eigenvalue weighted by Crippen LogP contribution is 2.37. The quantitative estimate of drug-likeness (QED) is 0.813. The van der Waals surface area contributed by atoms with Crippen LogP contribution in [0.4, 0.5) is 0 Å². The average Bonchev–Trinajstić information content (AvgIpc) is 2.63. The Balaban J connectivity index is 2.40. The zero-order chi connectivity index (χ0) is 10.1. The van der Waals surface area contributed by atoms with Crippen LogP contribution in [0.15, 0.2) is 12.1 Å². The van der Waals surface area contributed by atoms with Crippen LogP contribution in [-0.4, -0.2) is 18.3 Å². The van der Waals surface area contributed by atoms with Gasteiger partial charge in [0.05, 0.1) is 23.8 Å². The van der Waals surface area contributed by atoms with Crippen molar-refractivity contribution < 1.29 is 14.6 Å². The largest absolute Gasteiger partial charge is 0.506 e. The molecule has 14 heavy (non-hydrogen) atoms. The predicted octanol–water partition coefficient (Wildman–Crippen LogP) is 2.74. The van der Waals surface area contributed by atoms with Gasteiger partial charge in [-0.3, -0.25) is 0 Å². The third-order valence-electron chi connectivity index (χ3n) is 1.93. The molecule has 0 bridgehead atoms. The number of halogens is 2. The first-order valence-electron chi connectivity index (χ1n) is 4.09. The monoisotopic (exact) mass is 234 g/mol. The van der Waals surface area contributed by atoms with Crippen LogP contribution in [0.3, 0.4) is 0 Å². The summed E-state index contributed by atoms with van der Waals surface area (Å²) in [6, 6.07) is 3.05. The molecule has 0 aliphatic carbocycles. The summed E-state index contributed by atoms with van der Waals surface area (Å²) < 4.78 is 10.5. The van der Waals surface area contributed by atoms with Crippen molar-refractivity contribution in [1.29, 1.82) is 0 Å². The van der Waals surface area contributed by atoms with Gasteiger partial charge in [-0.1, -0.05) is 23.2 Å². The number of rotatable bonds is 1. The normalized spacial score (nSPS) is 17.6. The predicted molar refractivity (Wildman–Crippen MR) is 52.8 cm³/mol. The van der Waals surface area contributed by atoms with Gasteiger partial charge in [0.15, 0.2) is 6.29 Å². The molecule has 1 aromatic rings. The molecule has 1 heterocycles. The lowest BCUT2D eigenvalue weighted by Crippen LogP contribution is -1.98. The summed E-state index contributed by atoms with van der Waals surface area (Å²) in [6.45, 7) is 1.02. The first-order chi connectivity index (χ1) is 6.68. The number of phenolic OH excluding ortho intramolecular Hbond substituents is 1. The summed E-state index contributed by atoms with van der Waals surface area (Å²) >= 11 is 11.5. The molecule has 5 heteroatoms. The maximum atomic E-state index is 9.63. The molecule has 1 fully saturated rings. The van der Waals surface area contributed by atoms with E-state index in [1.165, 1.54) is 6.07 Å². The Morgan fingerprint density at radius 3 is 2.50 bits per heavy atom. The van der Waals surface area contributed by atoms with Crippen molar-refractivity contribution in [3.63, 3.8) is 0 Å². The van der Waals surface area contributed by atoms with Crippen LogP contribution in [0.1, 0.15) is 11.9 Å². The molecule has 0 atom stereocenters. The molecule has 0 saturated carbocycles. The highest BCUT2D eigenvalue weighted by molar-refractivity contribution is 6.35. The number of benzene rings is 1. The van der Waals surface area contributed by atoms with Gasteiger partial charge in [-0.05, 0) is 12.1 Å². The molecule has 0 aromatic heterocycles. The number of ether oxygens (including phenoxy) is 2. The molecule has 2 rings (SSSR count). The van der Waals surface area contributed by atoms with E-state index in [1.807, 2.05) is 0 Å². The van der Waals surface area contributed by atoms with Crippen LogP contribution in [-0.2, 0) is 9.47 Å². The van der Waals surface area contributed by atoms with E-state index in [2.05, 4.69) is 0 Å². The summed E-state index contributed by atoms with van der Waals surface area (Å²) in [4.78, 5) is 0. The van der Waals surface area contributed by atoms with E-state index in [4.69, 9.17) is 32.7 Å². The molecule has 1 saturated heterocycles. The van der Waals surface area contributed by atoms with Gasteiger partial charge >= 0.3 is 0 Å². The molecule has 0 amide bonds. The van der Waals surface area contributed by atoms with Crippen molar-refractivity contribution in [1.82, 2.24) is 0 Å². The van der Waals surface area contributed by atoms with E-state index < -0.39 is 6.29 Å². The summed E-state index contributed by atoms with van der Waals surface area (Å²) in [5.41, 5.74) is 0.472. The highest BCUT2D eigenvalue weighted by atomic mass is 35.5. The zero-order valence-corrected chi connectivity index (χ0v) is 8.68. The molecular weight excluding hydrogens is 227 g/mol. The summed E-state index contributed by atoms with van der Waals surface area (Å²) in [6.07, 6.45) is -0.564. The van der Waals surface area contributed by atoms with Gasteiger partial charge in [-0.15, -0.1) is 0 Å². The fourth-order valence-electron chi connectivity index (χ4n) is 1.30. The Morgan fingerprint density at radius 2 is 1.86 bits per heavy atom. The highest BCUT2D eigenvalue weighted by Gasteiger charge is 2.23. The SMILES string of the molecule is Oc1c(Cl)cc(Cl)cc1C1OCCO1. The lowest BCUT2D eigenvalue weighted by atomic mass is 10.2. The second-order valence-corrected chi connectivity index (χ2v) is 3.74. The Bertz CT molecular complexity index is 348. The maximum absolute atomic E-state index is 9.63.